The van der Waals surface area contributed by atoms with Gasteiger partial charge in [-0.05, 0) is 43.0 Å². The van der Waals surface area contributed by atoms with Crippen molar-refractivity contribution in [3.8, 4) is 0 Å². The zero-order valence-electron chi connectivity index (χ0n) is 17.7. The number of nitrogens with zero attached hydrogens (tertiary/aromatic N) is 3. The molecule has 0 radical (unpaired) electrons. The fraction of sp³-hybridized carbons (Fsp3) is 0.320. The molecule has 2 aromatic carbocycles. The van der Waals surface area contributed by atoms with E-state index in [0.717, 1.165) is 37.1 Å². The standard InChI is InChI=1S/C25H27FN4O/c1-2-20(18-9-4-3-5-10-18)24(31)30-16-8-11-19(17-30)22-14-15-27-25(28-22)29-23-13-7-6-12-21(23)26/h3-7,9-10,12-15,19-20H,2,8,11,16-17H2,1H3,(H,27,28,29)/t19-,20+/m1/s1. The number of hydrogen-bond donors (Lipinski definition) is 1. The van der Waals surface area contributed by atoms with E-state index in [1.165, 1.54) is 6.07 Å². The van der Waals surface area contributed by atoms with Crippen molar-refractivity contribution >= 4 is 17.5 Å². The summed E-state index contributed by atoms with van der Waals surface area (Å²) in [7, 11) is 0. The molecule has 4 rings (SSSR count). The number of benzene rings is 2. The maximum Gasteiger partial charge on any atom is 0.230 e. The number of carbonyl (C=O) groups is 1. The number of nitrogens with one attached hydrogen (secondary N) is 1. The molecule has 0 aliphatic carbocycles. The lowest BCUT2D eigenvalue weighted by molar-refractivity contribution is -0.134. The van der Waals surface area contributed by atoms with Gasteiger partial charge in [-0.2, -0.15) is 0 Å². The Morgan fingerprint density at radius 1 is 1.16 bits per heavy atom. The van der Waals surface area contributed by atoms with Crippen LogP contribution in [0.15, 0.2) is 66.9 Å². The van der Waals surface area contributed by atoms with Crippen molar-refractivity contribution < 1.29 is 9.18 Å². The highest BCUT2D eigenvalue weighted by atomic mass is 19.1. The Labute approximate surface area is 182 Å². The second kappa shape index (κ2) is 9.69. The number of anilines is 2. The van der Waals surface area contributed by atoms with E-state index in [0.29, 0.717) is 18.2 Å². The number of amides is 1. The Morgan fingerprint density at radius 3 is 2.71 bits per heavy atom. The van der Waals surface area contributed by atoms with E-state index in [-0.39, 0.29) is 23.6 Å². The molecule has 2 atom stereocenters. The molecule has 0 bridgehead atoms. The molecule has 1 amide bonds. The largest absolute Gasteiger partial charge is 0.342 e. The minimum absolute atomic E-state index is 0.122. The van der Waals surface area contributed by atoms with Crippen molar-refractivity contribution in [3.63, 3.8) is 0 Å². The third-order valence-electron chi connectivity index (χ3n) is 5.86. The van der Waals surface area contributed by atoms with Crippen LogP contribution in [0.3, 0.4) is 0 Å². The first kappa shape index (κ1) is 21.0. The van der Waals surface area contributed by atoms with Gasteiger partial charge < -0.3 is 10.2 Å². The number of hydrogen-bond acceptors (Lipinski definition) is 4. The van der Waals surface area contributed by atoms with Crippen LogP contribution in [0.2, 0.25) is 0 Å². The molecule has 0 unspecified atom stereocenters. The van der Waals surface area contributed by atoms with Gasteiger partial charge in [0.15, 0.2) is 0 Å². The molecular weight excluding hydrogens is 391 g/mol. The molecule has 5 nitrogen and oxygen atoms in total. The van der Waals surface area contributed by atoms with Crippen molar-refractivity contribution in [2.24, 2.45) is 0 Å². The molecule has 160 valence electrons. The summed E-state index contributed by atoms with van der Waals surface area (Å²) in [5.74, 6) is 0.204. The summed E-state index contributed by atoms with van der Waals surface area (Å²) in [6.45, 7) is 3.46. The van der Waals surface area contributed by atoms with Crippen LogP contribution in [0.5, 0.6) is 0 Å². The van der Waals surface area contributed by atoms with Crippen LogP contribution in [0.4, 0.5) is 16.0 Å². The Balaban J connectivity index is 1.48. The van der Waals surface area contributed by atoms with Crippen LogP contribution in [-0.2, 0) is 4.79 Å². The second-order valence-corrected chi connectivity index (χ2v) is 7.90. The quantitative estimate of drug-likeness (QED) is 0.593. The van der Waals surface area contributed by atoms with Gasteiger partial charge >= 0.3 is 0 Å². The maximum atomic E-state index is 14.0. The van der Waals surface area contributed by atoms with Gasteiger partial charge in [0, 0.05) is 25.2 Å². The Hall–Kier alpha value is -3.28. The summed E-state index contributed by atoms with van der Waals surface area (Å²) in [6.07, 6.45) is 4.35. The van der Waals surface area contributed by atoms with E-state index >= 15 is 0 Å². The van der Waals surface area contributed by atoms with Crippen LogP contribution < -0.4 is 5.32 Å². The average Bonchev–Trinajstić information content (AvgIpc) is 2.82. The molecule has 3 aromatic rings. The lowest BCUT2D eigenvalue weighted by Crippen LogP contribution is -2.41. The van der Waals surface area contributed by atoms with E-state index < -0.39 is 0 Å². The third kappa shape index (κ3) is 4.90. The maximum absolute atomic E-state index is 14.0. The summed E-state index contributed by atoms with van der Waals surface area (Å²) < 4.78 is 14.0. The van der Waals surface area contributed by atoms with Gasteiger partial charge in [-0.1, -0.05) is 49.4 Å². The van der Waals surface area contributed by atoms with Crippen molar-refractivity contribution in [1.82, 2.24) is 14.9 Å². The Kier molecular flexibility index (Phi) is 6.55. The smallest absolute Gasteiger partial charge is 0.230 e. The minimum atomic E-state index is -0.350. The van der Waals surface area contributed by atoms with Crippen LogP contribution in [0, 0.1) is 5.82 Å². The first-order chi connectivity index (χ1) is 15.2. The molecule has 1 N–H and O–H groups in total. The zero-order valence-corrected chi connectivity index (χ0v) is 17.7. The molecule has 2 heterocycles. The topological polar surface area (TPSA) is 58.1 Å². The number of rotatable bonds is 6. The van der Waals surface area contributed by atoms with Gasteiger partial charge in [-0.15, -0.1) is 0 Å². The number of para-hydroxylation sites is 1. The summed E-state index contributed by atoms with van der Waals surface area (Å²) in [5.41, 5.74) is 2.28. The summed E-state index contributed by atoms with van der Waals surface area (Å²) in [6, 6.07) is 18.3. The molecule has 6 heteroatoms. The van der Waals surface area contributed by atoms with E-state index in [4.69, 9.17) is 0 Å². The first-order valence-electron chi connectivity index (χ1n) is 10.8. The predicted molar refractivity (Wildman–Crippen MR) is 120 cm³/mol. The third-order valence-corrected chi connectivity index (χ3v) is 5.86. The first-order valence-corrected chi connectivity index (χ1v) is 10.8. The molecule has 31 heavy (non-hydrogen) atoms. The molecule has 1 aliphatic heterocycles. The highest BCUT2D eigenvalue weighted by molar-refractivity contribution is 5.83. The second-order valence-electron chi connectivity index (χ2n) is 7.90. The summed E-state index contributed by atoms with van der Waals surface area (Å²) in [5, 5.41) is 2.96. The highest BCUT2D eigenvalue weighted by Crippen LogP contribution is 2.30. The minimum Gasteiger partial charge on any atom is -0.342 e. The molecule has 0 saturated carbocycles. The predicted octanol–water partition coefficient (Wildman–Crippen LogP) is 5.26. The number of aromatic nitrogens is 2. The monoisotopic (exact) mass is 418 g/mol. The van der Waals surface area contributed by atoms with Gasteiger partial charge in [-0.25, -0.2) is 14.4 Å². The van der Waals surface area contributed by atoms with Gasteiger partial charge in [0.05, 0.1) is 17.3 Å². The molecule has 1 aromatic heterocycles. The normalized spacial score (nSPS) is 17.2. The van der Waals surface area contributed by atoms with Crippen LogP contribution in [0.1, 0.15) is 49.3 Å². The van der Waals surface area contributed by atoms with E-state index in [9.17, 15) is 9.18 Å². The van der Waals surface area contributed by atoms with E-state index in [2.05, 4.69) is 22.2 Å². The zero-order chi connectivity index (χ0) is 21.6. The highest BCUT2D eigenvalue weighted by Gasteiger charge is 2.30. The van der Waals surface area contributed by atoms with E-state index in [1.54, 1.807) is 24.4 Å². The molecular formula is C25H27FN4O. The van der Waals surface area contributed by atoms with Crippen LogP contribution in [-0.4, -0.2) is 33.9 Å². The summed E-state index contributed by atoms with van der Waals surface area (Å²) in [4.78, 5) is 24.1. The Morgan fingerprint density at radius 2 is 1.94 bits per heavy atom. The molecule has 1 aliphatic rings. The fourth-order valence-electron chi connectivity index (χ4n) is 4.22. The van der Waals surface area contributed by atoms with Crippen LogP contribution in [0.25, 0.3) is 0 Å². The lowest BCUT2D eigenvalue weighted by Gasteiger charge is -2.35. The number of likely N-dealkylation sites (tertiary alicyclic amines) is 1. The van der Waals surface area contributed by atoms with Gasteiger partial charge in [0.1, 0.15) is 5.82 Å². The SMILES string of the molecule is CC[C@H](C(=O)N1CCC[C@@H](c2ccnc(Nc3ccccc3F)n2)C1)c1ccccc1. The number of halogens is 1. The fourth-order valence-corrected chi connectivity index (χ4v) is 4.22. The van der Waals surface area contributed by atoms with Crippen molar-refractivity contribution in [1.29, 1.82) is 0 Å². The van der Waals surface area contributed by atoms with Crippen molar-refractivity contribution in [2.45, 2.75) is 38.0 Å². The number of carbonyl (C=O) groups excluding carboxylic acids is 1. The van der Waals surface area contributed by atoms with Crippen molar-refractivity contribution in [3.05, 3.63) is 83.9 Å². The average molecular weight is 419 g/mol. The van der Waals surface area contributed by atoms with Gasteiger partial charge in [0.25, 0.3) is 0 Å². The van der Waals surface area contributed by atoms with Crippen LogP contribution >= 0.6 is 0 Å². The summed E-state index contributed by atoms with van der Waals surface area (Å²) >= 11 is 0. The number of piperidine rings is 1. The lowest BCUT2D eigenvalue weighted by atomic mass is 9.90. The molecule has 1 fully saturated rings. The molecule has 1 saturated heterocycles. The van der Waals surface area contributed by atoms with E-state index in [1.807, 2.05) is 41.3 Å². The van der Waals surface area contributed by atoms with Gasteiger partial charge in [0.2, 0.25) is 11.9 Å². The van der Waals surface area contributed by atoms with Crippen molar-refractivity contribution in [2.75, 3.05) is 18.4 Å². The Bertz CT molecular complexity index is 1030. The molecule has 0 spiro atoms. The van der Waals surface area contributed by atoms with Gasteiger partial charge in [-0.3, -0.25) is 4.79 Å².